The molecule has 0 spiro atoms. The fourth-order valence-electron chi connectivity index (χ4n) is 5.10. The molecule has 2 amide bonds. The number of carbonyl (C=O) groups is 1. The van der Waals surface area contributed by atoms with Crippen molar-refractivity contribution in [1.29, 1.82) is 0 Å². The topological polar surface area (TPSA) is 70.6 Å². The standard InChI is InChI=1S/C27H24F3N5O2/c28-27(29,30)19-4-1-3-18(15-19)22-7-8-23-25(32-22)35(20-9-12-34(23)16-20)26(36)33-24-6-2-5-21(31-24)17-10-13-37-14-11-17/h1-8,10,15,20H,9,11-14,16H2,(H,31,33,36)/t20-/m0/s1. The van der Waals surface area contributed by atoms with Gasteiger partial charge in [0.15, 0.2) is 5.82 Å². The first-order valence-electron chi connectivity index (χ1n) is 12.1. The van der Waals surface area contributed by atoms with E-state index in [-0.39, 0.29) is 12.1 Å². The minimum absolute atomic E-state index is 0.0989. The Labute approximate surface area is 211 Å². The summed E-state index contributed by atoms with van der Waals surface area (Å²) in [6.45, 7) is 2.62. The molecule has 1 N–H and O–H groups in total. The molecule has 6 rings (SSSR count). The molecule has 1 fully saturated rings. The molecule has 5 heterocycles. The highest BCUT2D eigenvalue weighted by Crippen LogP contribution is 2.41. The van der Waals surface area contributed by atoms with E-state index < -0.39 is 11.7 Å². The summed E-state index contributed by atoms with van der Waals surface area (Å²) in [6, 6.07) is 13.6. The minimum Gasteiger partial charge on any atom is -0.377 e. The molecule has 0 unspecified atom stereocenters. The van der Waals surface area contributed by atoms with E-state index in [1.54, 1.807) is 23.1 Å². The van der Waals surface area contributed by atoms with E-state index in [1.165, 1.54) is 6.07 Å². The Balaban J connectivity index is 1.32. The number of alkyl halides is 3. The van der Waals surface area contributed by atoms with Crippen LogP contribution in [-0.4, -0.2) is 48.3 Å². The maximum atomic E-state index is 13.6. The summed E-state index contributed by atoms with van der Waals surface area (Å²) in [5.41, 5.74) is 2.62. The van der Waals surface area contributed by atoms with Crippen LogP contribution in [0.1, 0.15) is 24.1 Å². The average Bonchev–Trinajstić information content (AvgIpc) is 3.33. The van der Waals surface area contributed by atoms with Crippen molar-refractivity contribution in [3.05, 3.63) is 71.9 Å². The second-order valence-corrected chi connectivity index (χ2v) is 9.27. The van der Waals surface area contributed by atoms with Gasteiger partial charge in [0, 0.05) is 18.7 Å². The summed E-state index contributed by atoms with van der Waals surface area (Å²) < 4.78 is 45.2. The first-order valence-corrected chi connectivity index (χ1v) is 12.1. The fraction of sp³-hybridized carbons (Fsp3) is 0.296. The summed E-state index contributed by atoms with van der Waals surface area (Å²) in [5, 5.41) is 2.91. The highest BCUT2D eigenvalue weighted by Gasteiger charge is 2.40. The van der Waals surface area contributed by atoms with Crippen LogP contribution in [0.4, 0.5) is 35.3 Å². The summed E-state index contributed by atoms with van der Waals surface area (Å²) in [6.07, 6.45) is -0.944. The number of ether oxygens (including phenoxy) is 1. The summed E-state index contributed by atoms with van der Waals surface area (Å²) in [4.78, 5) is 26.7. The van der Waals surface area contributed by atoms with Crippen LogP contribution in [-0.2, 0) is 10.9 Å². The summed E-state index contributed by atoms with van der Waals surface area (Å²) in [7, 11) is 0. The monoisotopic (exact) mass is 507 g/mol. The second kappa shape index (κ2) is 9.19. The third kappa shape index (κ3) is 4.53. The minimum atomic E-state index is -4.46. The molecule has 0 aliphatic carbocycles. The van der Waals surface area contributed by atoms with E-state index in [0.717, 1.165) is 48.5 Å². The van der Waals surface area contributed by atoms with Crippen LogP contribution in [0.25, 0.3) is 16.8 Å². The number of carbonyl (C=O) groups excluding carboxylic acids is 1. The van der Waals surface area contributed by atoms with Crippen LogP contribution in [0.3, 0.4) is 0 Å². The van der Waals surface area contributed by atoms with Gasteiger partial charge in [0.2, 0.25) is 0 Å². The molecule has 3 aliphatic rings. The molecule has 10 heteroatoms. The number of hydrogen-bond acceptors (Lipinski definition) is 5. The quantitative estimate of drug-likeness (QED) is 0.500. The Kier molecular flexibility index (Phi) is 5.83. The molecular weight excluding hydrogens is 483 g/mol. The van der Waals surface area contributed by atoms with E-state index in [4.69, 9.17) is 9.72 Å². The number of fused-ring (bicyclic) bond motifs is 4. The highest BCUT2D eigenvalue weighted by molar-refractivity contribution is 6.04. The predicted octanol–water partition coefficient (Wildman–Crippen LogP) is 5.60. The highest BCUT2D eigenvalue weighted by atomic mass is 19.4. The van der Waals surface area contributed by atoms with Crippen LogP contribution in [0.2, 0.25) is 0 Å². The summed E-state index contributed by atoms with van der Waals surface area (Å²) >= 11 is 0. The Bertz CT molecular complexity index is 1390. The van der Waals surface area contributed by atoms with E-state index in [9.17, 15) is 18.0 Å². The molecule has 2 aromatic heterocycles. The lowest BCUT2D eigenvalue weighted by molar-refractivity contribution is -0.137. The number of amides is 2. The molecule has 7 nitrogen and oxygen atoms in total. The van der Waals surface area contributed by atoms with Gasteiger partial charge in [0.1, 0.15) is 5.82 Å². The van der Waals surface area contributed by atoms with E-state index in [2.05, 4.69) is 15.2 Å². The lowest BCUT2D eigenvalue weighted by Gasteiger charge is -2.35. The van der Waals surface area contributed by atoms with Crippen molar-refractivity contribution in [3.63, 3.8) is 0 Å². The third-order valence-electron chi connectivity index (χ3n) is 6.93. The number of aromatic nitrogens is 2. The second-order valence-electron chi connectivity index (χ2n) is 9.27. The molecule has 3 aromatic rings. The van der Waals surface area contributed by atoms with Crippen LogP contribution in [0.5, 0.6) is 0 Å². The number of halogens is 3. The zero-order valence-corrected chi connectivity index (χ0v) is 19.8. The maximum absolute atomic E-state index is 13.6. The number of nitrogens with one attached hydrogen (secondary N) is 1. The van der Waals surface area contributed by atoms with Gasteiger partial charge in [0.05, 0.1) is 41.9 Å². The van der Waals surface area contributed by atoms with E-state index >= 15 is 0 Å². The number of anilines is 3. The number of nitrogens with zero attached hydrogens (tertiary/aromatic N) is 4. The first-order chi connectivity index (χ1) is 17.9. The molecule has 1 saturated heterocycles. The van der Waals surface area contributed by atoms with Gasteiger partial charge in [-0.1, -0.05) is 24.3 Å². The molecule has 1 aromatic carbocycles. The van der Waals surface area contributed by atoms with Crippen molar-refractivity contribution >= 4 is 28.9 Å². The van der Waals surface area contributed by atoms with Crippen LogP contribution in [0.15, 0.2) is 60.7 Å². The molecular formula is C27H24F3N5O2. The van der Waals surface area contributed by atoms with Gasteiger partial charge in [0.25, 0.3) is 0 Å². The SMILES string of the molecule is O=C(Nc1cccc(C2=CCOCC2)n1)N1c2nc(-c3cccc(C(F)(F)F)c3)ccc2N2CC[C@H]1C2. The largest absolute Gasteiger partial charge is 0.416 e. The number of urea groups is 1. The Morgan fingerprint density at radius 3 is 2.73 bits per heavy atom. The Hall–Kier alpha value is -3.92. The van der Waals surface area contributed by atoms with Crippen LogP contribution in [0, 0.1) is 0 Å². The molecule has 190 valence electrons. The molecule has 1 atom stereocenters. The number of hydrogen-bond donors (Lipinski definition) is 1. The van der Waals surface area contributed by atoms with Crippen molar-refractivity contribution in [2.24, 2.45) is 0 Å². The van der Waals surface area contributed by atoms with Crippen LogP contribution < -0.4 is 15.1 Å². The number of pyridine rings is 2. The molecule has 2 bridgehead atoms. The molecule has 0 saturated carbocycles. The zero-order chi connectivity index (χ0) is 25.6. The average molecular weight is 508 g/mol. The van der Waals surface area contributed by atoms with E-state index in [0.29, 0.717) is 42.7 Å². The molecule has 0 radical (unpaired) electrons. The number of rotatable bonds is 3. The smallest absolute Gasteiger partial charge is 0.377 e. The van der Waals surface area contributed by atoms with Crippen molar-refractivity contribution in [3.8, 4) is 11.3 Å². The van der Waals surface area contributed by atoms with Crippen molar-refractivity contribution < 1.29 is 22.7 Å². The van der Waals surface area contributed by atoms with Gasteiger partial charge < -0.3 is 9.64 Å². The normalized spacial score (nSPS) is 18.9. The third-order valence-corrected chi connectivity index (χ3v) is 6.93. The molecule has 3 aliphatic heterocycles. The molecule has 37 heavy (non-hydrogen) atoms. The van der Waals surface area contributed by atoms with Crippen molar-refractivity contribution in [2.75, 3.05) is 41.4 Å². The predicted molar refractivity (Wildman–Crippen MR) is 134 cm³/mol. The van der Waals surface area contributed by atoms with Crippen molar-refractivity contribution in [1.82, 2.24) is 9.97 Å². The lowest BCUT2D eigenvalue weighted by Crippen LogP contribution is -2.48. The van der Waals surface area contributed by atoms with Gasteiger partial charge in [-0.2, -0.15) is 13.2 Å². The Morgan fingerprint density at radius 2 is 1.92 bits per heavy atom. The fourth-order valence-corrected chi connectivity index (χ4v) is 5.10. The zero-order valence-electron chi connectivity index (χ0n) is 19.8. The van der Waals surface area contributed by atoms with Crippen molar-refractivity contribution in [2.45, 2.75) is 25.1 Å². The lowest BCUT2D eigenvalue weighted by atomic mass is 10.1. The Morgan fingerprint density at radius 1 is 1.05 bits per heavy atom. The van der Waals surface area contributed by atoms with Gasteiger partial charge in [-0.05, 0) is 54.8 Å². The van der Waals surface area contributed by atoms with Gasteiger partial charge in [-0.25, -0.2) is 14.8 Å². The van der Waals surface area contributed by atoms with Gasteiger partial charge >= 0.3 is 12.2 Å². The van der Waals surface area contributed by atoms with Gasteiger partial charge in [-0.15, -0.1) is 0 Å². The van der Waals surface area contributed by atoms with Gasteiger partial charge in [-0.3, -0.25) is 10.2 Å². The number of benzene rings is 1. The first kappa shape index (κ1) is 23.5. The summed E-state index contributed by atoms with van der Waals surface area (Å²) in [5.74, 6) is 0.857. The van der Waals surface area contributed by atoms with E-state index in [1.807, 2.05) is 24.3 Å². The van der Waals surface area contributed by atoms with Crippen LogP contribution >= 0.6 is 0 Å². The maximum Gasteiger partial charge on any atom is 0.416 e.